The van der Waals surface area contributed by atoms with E-state index < -0.39 is 16.3 Å². The Balaban J connectivity index is 1.34. The molecular weight excluding hydrogens is 534 g/mol. The number of oxime groups is 1. The van der Waals surface area contributed by atoms with Gasteiger partial charge in [-0.25, -0.2) is 9.07 Å². The zero-order chi connectivity index (χ0) is 25.6. The molecule has 0 saturated carbocycles. The normalized spacial score (nSPS) is 19.0. The molecule has 1 atom stereocenters. The molecule has 0 amide bonds. The predicted molar refractivity (Wildman–Crippen MR) is 134 cm³/mol. The van der Waals surface area contributed by atoms with Crippen LogP contribution in [0.3, 0.4) is 0 Å². The van der Waals surface area contributed by atoms with E-state index in [1.807, 2.05) is 0 Å². The summed E-state index contributed by atoms with van der Waals surface area (Å²) in [7, 11) is 0. The van der Waals surface area contributed by atoms with Gasteiger partial charge in [-0.1, -0.05) is 46.0 Å². The van der Waals surface area contributed by atoms with Crippen LogP contribution in [0.5, 0.6) is 5.75 Å². The minimum atomic E-state index is -0.885. The van der Waals surface area contributed by atoms with Crippen LogP contribution >= 0.6 is 34.8 Å². The number of rotatable bonds is 6. The number of benzene rings is 2. The van der Waals surface area contributed by atoms with Crippen LogP contribution in [0, 0.1) is 15.9 Å². The van der Waals surface area contributed by atoms with Crippen molar-refractivity contribution < 1.29 is 18.9 Å². The molecule has 1 unspecified atom stereocenters. The van der Waals surface area contributed by atoms with E-state index in [1.165, 1.54) is 22.9 Å². The molecule has 1 aliphatic carbocycles. The molecule has 0 bridgehead atoms. The summed E-state index contributed by atoms with van der Waals surface area (Å²) in [5.41, 5.74) is 1.89. The number of hydrogen-bond acceptors (Lipinski definition) is 6. The van der Waals surface area contributed by atoms with Gasteiger partial charge in [0.05, 0.1) is 21.4 Å². The van der Waals surface area contributed by atoms with Gasteiger partial charge in [0, 0.05) is 29.7 Å². The van der Waals surface area contributed by atoms with Crippen molar-refractivity contribution in [3.8, 4) is 11.4 Å². The molecule has 0 N–H and O–H groups in total. The minimum absolute atomic E-state index is 0.0316. The van der Waals surface area contributed by atoms with Crippen LogP contribution < -0.4 is 4.74 Å². The maximum Gasteiger partial charge on any atom is 0.288 e. The third-order valence-corrected chi connectivity index (χ3v) is 7.25. The molecule has 0 saturated heterocycles. The van der Waals surface area contributed by atoms with Gasteiger partial charge in [0.25, 0.3) is 5.69 Å². The van der Waals surface area contributed by atoms with Crippen molar-refractivity contribution in [3.05, 3.63) is 78.3 Å². The lowest BCUT2D eigenvalue weighted by Gasteiger charge is -2.22. The van der Waals surface area contributed by atoms with Crippen molar-refractivity contribution in [1.29, 1.82) is 0 Å². The van der Waals surface area contributed by atoms with Gasteiger partial charge < -0.3 is 9.57 Å². The fraction of sp³-hybridized carbons (Fsp3) is 0.333. The highest BCUT2D eigenvalue weighted by molar-refractivity contribution is 6.33. The van der Waals surface area contributed by atoms with Gasteiger partial charge in [0.15, 0.2) is 11.4 Å². The van der Waals surface area contributed by atoms with Crippen LogP contribution in [-0.4, -0.2) is 32.6 Å². The average Bonchev–Trinajstić information content (AvgIpc) is 3.39. The second-order valence-corrected chi connectivity index (χ2v) is 10.2. The molecule has 2 aromatic carbocycles. The molecule has 12 heteroatoms. The number of nitrogens with zero attached hydrogens (tertiary/aromatic N) is 4. The largest absolute Gasteiger partial charge is 0.488 e. The van der Waals surface area contributed by atoms with Crippen LogP contribution in [0.15, 0.2) is 35.5 Å². The predicted octanol–water partition coefficient (Wildman–Crippen LogP) is 6.72. The van der Waals surface area contributed by atoms with Crippen LogP contribution in [0.4, 0.5) is 10.1 Å². The summed E-state index contributed by atoms with van der Waals surface area (Å²) in [5, 5.41) is 20.3. The quantitative estimate of drug-likeness (QED) is 0.250. The number of fused-ring (bicyclic) bond motifs is 1. The Morgan fingerprint density at radius 1 is 1.19 bits per heavy atom. The Kier molecular flexibility index (Phi) is 6.57. The molecule has 5 rings (SSSR count). The molecule has 3 aromatic rings. The number of aryl methyl sites for hydroxylation is 1. The molecule has 2 heterocycles. The van der Waals surface area contributed by atoms with Crippen LogP contribution in [0.2, 0.25) is 15.2 Å². The lowest BCUT2D eigenvalue weighted by Crippen LogP contribution is -2.33. The van der Waals surface area contributed by atoms with E-state index in [-0.39, 0.29) is 33.8 Å². The number of nitro benzene ring substituents is 1. The molecule has 188 valence electrons. The zero-order valence-electron chi connectivity index (χ0n) is 19.1. The first kappa shape index (κ1) is 24.8. The van der Waals surface area contributed by atoms with Crippen molar-refractivity contribution in [2.45, 2.75) is 44.6 Å². The number of halogens is 4. The van der Waals surface area contributed by atoms with Crippen molar-refractivity contribution in [3.63, 3.8) is 0 Å². The third-order valence-electron chi connectivity index (χ3n) is 6.25. The van der Waals surface area contributed by atoms with Gasteiger partial charge in [-0.2, -0.15) is 5.10 Å². The Morgan fingerprint density at radius 2 is 1.97 bits per heavy atom. The minimum Gasteiger partial charge on any atom is -0.488 e. The summed E-state index contributed by atoms with van der Waals surface area (Å²) >= 11 is 18.7. The summed E-state index contributed by atoms with van der Waals surface area (Å²) in [4.78, 5) is 16.3. The molecule has 0 spiro atoms. The number of hydrogen-bond donors (Lipinski definition) is 0. The lowest BCUT2D eigenvalue weighted by atomic mass is 9.96. The van der Waals surface area contributed by atoms with Crippen molar-refractivity contribution >= 4 is 46.2 Å². The summed E-state index contributed by atoms with van der Waals surface area (Å²) in [5.74, 6) is -0.342. The van der Waals surface area contributed by atoms with E-state index in [2.05, 4.69) is 10.3 Å². The first-order valence-electron chi connectivity index (χ1n) is 11.2. The first-order valence-corrected chi connectivity index (χ1v) is 12.4. The fourth-order valence-electron chi connectivity index (χ4n) is 4.34. The highest BCUT2D eigenvalue weighted by Gasteiger charge is 2.37. The summed E-state index contributed by atoms with van der Waals surface area (Å²) < 4.78 is 22.2. The van der Waals surface area contributed by atoms with Gasteiger partial charge in [0.2, 0.25) is 0 Å². The monoisotopic (exact) mass is 552 g/mol. The lowest BCUT2D eigenvalue weighted by molar-refractivity contribution is -0.384. The maximum absolute atomic E-state index is 14.9. The topological polar surface area (TPSA) is 91.8 Å². The Morgan fingerprint density at radius 3 is 2.72 bits per heavy atom. The second kappa shape index (κ2) is 9.53. The van der Waals surface area contributed by atoms with Gasteiger partial charge in [-0.3, -0.25) is 10.1 Å². The summed E-state index contributed by atoms with van der Waals surface area (Å²) in [6.45, 7) is 1.81. The van der Waals surface area contributed by atoms with Crippen molar-refractivity contribution in [2.24, 2.45) is 5.16 Å². The van der Waals surface area contributed by atoms with Gasteiger partial charge >= 0.3 is 0 Å². The maximum atomic E-state index is 14.9. The summed E-state index contributed by atoms with van der Waals surface area (Å²) in [6.07, 6.45) is 3.96. The van der Waals surface area contributed by atoms with Crippen LogP contribution in [-0.2, 0) is 17.7 Å². The van der Waals surface area contributed by atoms with E-state index in [0.29, 0.717) is 22.8 Å². The molecule has 8 nitrogen and oxygen atoms in total. The van der Waals surface area contributed by atoms with Gasteiger partial charge in [-0.15, -0.1) is 0 Å². The number of aromatic nitrogens is 2. The third kappa shape index (κ3) is 4.63. The molecular formula is C24H20Cl3FN4O4. The molecule has 36 heavy (non-hydrogen) atoms. The molecule has 1 aromatic heterocycles. The van der Waals surface area contributed by atoms with E-state index in [9.17, 15) is 14.5 Å². The molecule has 2 aliphatic rings. The highest BCUT2D eigenvalue weighted by Crippen LogP contribution is 2.36. The van der Waals surface area contributed by atoms with Crippen molar-refractivity contribution in [1.82, 2.24) is 9.78 Å². The Hall–Kier alpha value is -2.88. The SMILES string of the molecule is CC1(COc2cc(-n3nc4c(c3Cl)CCCC4)c(F)cc2Cl)CC(c2ccc(Cl)c([N+](=O)[O-])c2)=NO1. The molecule has 1 aliphatic heterocycles. The summed E-state index contributed by atoms with van der Waals surface area (Å²) in [6, 6.07) is 7.07. The van der Waals surface area contributed by atoms with Crippen LogP contribution in [0.1, 0.15) is 43.0 Å². The van der Waals surface area contributed by atoms with Crippen LogP contribution in [0.25, 0.3) is 5.69 Å². The smallest absolute Gasteiger partial charge is 0.288 e. The van der Waals surface area contributed by atoms with Gasteiger partial charge in [-0.05, 0) is 44.7 Å². The fourth-order valence-corrected chi connectivity index (χ4v) is 5.07. The number of ether oxygens (including phenoxy) is 1. The number of nitro groups is 1. The van der Waals surface area contributed by atoms with E-state index in [4.69, 9.17) is 44.4 Å². The highest BCUT2D eigenvalue weighted by atomic mass is 35.5. The van der Waals surface area contributed by atoms with Gasteiger partial charge in [0.1, 0.15) is 28.2 Å². The Bertz CT molecular complexity index is 1410. The first-order chi connectivity index (χ1) is 17.1. The van der Waals surface area contributed by atoms with E-state index in [1.54, 1.807) is 13.0 Å². The van der Waals surface area contributed by atoms with Crippen molar-refractivity contribution in [2.75, 3.05) is 6.61 Å². The standard InChI is InChI=1S/C24H20Cl3FN4O4/c1-24(11-19(30-36-24)13-6-7-15(25)20(8-13)32(33)34)12-35-22-10-21(17(28)9-16(22)26)31-23(27)14-4-2-3-5-18(14)29-31/h6-10H,2-5,11-12H2,1H3. The zero-order valence-corrected chi connectivity index (χ0v) is 21.3. The van der Waals surface area contributed by atoms with E-state index >= 15 is 0 Å². The Labute approximate surface area is 220 Å². The molecule has 0 fully saturated rings. The van der Waals surface area contributed by atoms with E-state index in [0.717, 1.165) is 43.0 Å². The molecule has 0 radical (unpaired) electrons. The average molecular weight is 554 g/mol. The second-order valence-electron chi connectivity index (χ2n) is 9.04.